The molecule has 23 heavy (non-hydrogen) atoms. The third-order valence-corrected chi connectivity index (χ3v) is 4.14. The number of carbonyl (C=O) groups excluding carboxylic acids is 2. The van der Waals surface area contributed by atoms with E-state index >= 15 is 0 Å². The van der Waals surface area contributed by atoms with Crippen molar-refractivity contribution in [2.24, 2.45) is 5.92 Å². The van der Waals surface area contributed by atoms with E-state index in [-0.39, 0.29) is 17.9 Å². The van der Waals surface area contributed by atoms with Crippen molar-refractivity contribution in [2.45, 2.75) is 78.0 Å². The van der Waals surface area contributed by atoms with Crippen LogP contribution in [-0.2, 0) is 14.3 Å². The number of ether oxygens (including phenoxy) is 2. The summed E-state index contributed by atoms with van der Waals surface area (Å²) in [5, 5.41) is 5.80. The third kappa shape index (κ3) is 7.20. The molecule has 1 heterocycles. The molecule has 1 fully saturated rings. The lowest BCUT2D eigenvalue weighted by Crippen LogP contribution is -2.57. The van der Waals surface area contributed by atoms with Gasteiger partial charge in [-0.05, 0) is 46.5 Å². The molecule has 2 amide bonds. The molecule has 0 saturated carbocycles. The van der Waals surface area contributed by atoms with Gasteiger partial charge in [-0.1, -0.05) is 13.8 Å². The first-order valence-electron chi connectivity index (χ1n) is 8.41. The van der Waals surface area contributed by atoms with Crippen LogP contribution in [0.2, 0.25) is 0 Å². The summed E-state index contributed by atoms with van der Waals surface area (Å²) >= 11 is 0. The molecule has 0 spiro atoms. The zero-order valence-corrected chi connectivity index (χ0v) is 15.3. The summed E-state index contributed by atoms with van der Waals surface area (Å²) in [5.41, 5.74) is -1.08. The maximum atomic E-state index is 12.3. The van der Waals surface area contributed by atoms with E-state index < -0.39 is 17.2 Å². The Bertz CT molecular complexity index is 411. The Hall–Kier alpha value is -1.30. The molecule has 6 heteroatoms. The Morgan fingerprint density at radius 2 is 1.91 bits per heavy atom. The minimum absolute atomic E-state index is 0.0187. The standard InChI is InChI=1S/C17H32N2O4/c1-12(2)17(6,11-18-15(21)23-16(3,4)5)19-14(20)10-13-8-7-9-22-13/h12-13H,7-11H2,1-6H3,(H,18,21)(H,19,20)/t13-,17-/m0/s1. The van der Waals surface area contributed by atoms with E-state index in [2.05, 4.69) is 10.6 Å². The zero-order valence-electron chi connectivity index (χ0n) is 15.3. The van der Waals surface area contributed by atoms with Crippen molar-refractivity contribution in [1.29, 1.82) is 0 Å². The number of nitrogens with one attached hydrogen (secondary N) is 2. The van der Waals surface area contributed by atoms with Crippen molar-refractivity contribution >= 4 is 12.0 Å². The Morgan fingerprint density at radius 1 is 1.26 bits per heavy atom. The van der Waals surface area contributed by atoms with Crippen molar-refractivity contribution in [1.82, 2.24) is 10.6 Å². The lowest BCUT2D eigenvalue weighted by Gasteiger charge is -2.35. The van der Waals surface area contributed by atoms with E-state index in [0.717, 1.165) is 19.4 Å². The third-order valence-electron chi connectivity index (χ3n) is 4.14. The fourth-order valence-electron chi connectivity index (χ4n) is 2.34. The summed E-state index contributed by atoms with van der Waals surface area (Å²) in [6, 6.07) is 0. The van der Waals surface area contributed by atoms with Gasteiger partial charge in [0.1, 0.15) is 5.60 Å². The smallest absolute Gasteiger partial charge is 0.407 e. The lowest BCUT2D eigenvalue weighted by atomic mass is 9.88. The largest absolute Gasteiger partial charge is 0.444 e. The van der Waals surface area contributed by atoms with E-state index in [0.29, 0.717) is 13.0 Å². The zero-order chi connectivity index (χ0) is 17.7. The van der Waals surface area contributed by atoms with Gasteiger partial charge in [-0.3, -0.25) is 4.79 Å². The van der Waals surface area contributed by atoms with Crippen LogP contribution < -0.4 is 10.6 Å². The molecule has 1 saturated heterocycles. The molecule has 0 aromatic carbocycles. The fraction of sp³-hybridized carbons (Fsp3) is 0.882. The van der Waals surface area contributed by atoms with Crippen LogP contribution >= 0.6 is 0 Å². The minimum atomic E-state index is -0.540. The molecule has 0 bridgehead atoms. The molecule has 1 aliphatic heterocycles. The maximum Gasteiger partial charge on any atom is 0.407 e. The molecule has 6 nitrogen and oxygen atoms in total. The Kier molecular flexibility index (Phi) is 6.86. The average Bonchev–Trinajstić information content (AvgIpc) is 2.86. The first-order valence-corrected chi connectivity index (χ1v) is 8.41. The van der Waals surface area contributed by atoms with Gasteiger partial charge in [-0.15, -0.1) is 0 Å². The van der Waals surface area contributed by atoms with Crippen molar-refractivity contribution in [3.8, 4) is 0 Å². The first kappa shape index (κ1) is 19.7. The Morgan fingerprint density at radius 3 is 2.39 bits per heavy atom. The molecule has 2 atom stereocenters. The molecule has 0 aliphatic carbocycles. The van der Waals surface area contributed by atoms with Gasteiger partial charge in [0.25, 0.3) is 0 Å². The molecule has 1 rings (SSSR count). The summed E-state index contributed by atoms with van der Waals surface area (Å²) in [6.07, 6.45) is 1.86. The highest BCUT2D eigenvalue weighted by Crippen LogP contribution is 2.19. The van der Waals surface area contributed by atoms with Crippen LogP contribution in [-0.4, -0.2) is 42.4 Å². The van der Waals surface area contributed by atoms with Gasteiger partial charge in [0.15, 0.2) is 0 Å². The van der Waals surface area contributed by atoms with Crippen LogP contribution in [0.3, 0.4) is 0 Å². The average molecular weight is 328 g/mol. The number of alkyl carbamates (subject to hydrolysis) is 1. The number of carbonyl (C=O) groups is 2. The summed E-state index contributed by atoms with van der Waals surface area (Å²) in [5.74, 6) is 0.116. The highest BCUT2D eigenvalue weighted by Gasteiger charge is 2.32. The number of hydrogen-bond donors (Lipinski definition) is 2. The maximum absolute atomic E-state index is 12.3. The topological polar surface area (TPSA) is 76.7 Å². The van der Waals surface area contributed by atoms with Crippen molar-refractivity contribution in [3.63, 3.8) is 0 Å². The summed E-state index contributed by atoms with van der Waals surface area (Å²) in [6.45, 7) is 12.5. The van der Waals surface area contributed by atoms with Crippen LogP contribution in [0.4, 0.5) is 4.79 Å². The second-order valence-corrected chi connectivity index (χ2v) is 7.81. The van der Waals surface area contributed by atoms with Crippen molar-refractivity contribution < 1.29 is 19.1 Å². The van der Waals surface area contributed by atoms with Gasteiger partial charge in [-0.2, -0.15) is 0 Å². The Labute approximate surface area is 139 Å². The van der Waals surface area contributed by atoms with E-state index in [1.54, 1.807) is 0 Å². The van der Waals surface area contributed by atoms with Crippen molar-refractivity contribution in [3.05, 3.63) is 0 Å². The summed E-state index contributed by atoms with van der Waals surface area (Å²) in [7, 11) is 0. The number of amides is 2. The quantitative estimate of drug-likeness (QED) is 0.786. The normalized spacial score (nSPS) is 20.9. The highest BCUT2D eigenvalue weighted by molar-refractivity contribution is 5.77. The number of hydrogen-bond acceptors (Lipinski definition) is 4. The molecule has 0 aromatic heterocycles. The molecular weight excluding hydrogens is 296 g/mol. The highest BCUT2D eigenvalue weighted by atomic mass is 16.6. The molecule has 0 radical (unpaired) electrons. The van der Waals surface area contributed by atoms with Crippen LogP contribution in [0.25, 0.3) is 0 Å². The van der Waals surface area contributed by atoms with Crippen LogP contribution in [0.1, 0.15) is 60.8 Å². The summed E-state index contributed by atoms with van der Waals surface area (Å²) < 4.78 is 10.7. The van der Waals surface area contributed by atoms with E-state index in [9.17, 15) is 9.59 Å². The molecule has 134 valence electrons. The van der Waals surface area contributed by atoms with Gasteiger partial charge < -0.3 is 20.1 Å². The van der Waals surface area contributed by atoms with Crippen molar-refractivity contribution in [2.75, 3.05) is 13.2 Å². The molecule has 2 N–H and O–H groups in total. The second-order valence-electron chi connectivity index (χ2n) is 7.81. The van der Waals surface area contributed by atoms with E-state index in [1.807, 2.05) is 41.5 Å². The van der Waals surface area contributed by atoms with Crippen LogP contribution in [0.15, 0.2) is 0 Å². The predicted molar refractivity (Wildman–Crippen MR) is 89.2 cm³/mol. The number of rotatable bonds is 6. The van der Waals surface area contributed by atoms with Gasteiger partial charge in [0, 0.05) is 13.2 Å². The molecular formula is C17H32N2O4. The lowest BCUT2D eigenvalue weighted by molar-refractivity contribution is -0.125. The predicted octanol–water partition coefficient (Wildman–Crippen LogP) is 2.61. The molecule has 0 unspecified atom stereocenters. The van der Waals surface area contributed by atoms with E-state index in [4.69, 9.17) is 9.47 Å². The van der Waals surface area contributed by atoms with Gasteiger partial charge in [0.2, 0.25) is 5.91 Å². The SMILES string of the molecule is CC(C)[C@](C)(CNC(=O)OC(C)(C)C)NC(=O)C[C@@H]1CCCO1. The van der Waals surface area contributed by atoms with Crippen LogP contribution in [0.5, 0.6) is 0 Å². The fourth-order valence-corrected chi connectivity index (χ4v) is 2.34. The van der Waals surface area contributed by atoms with Crippen LogP contribution in [0, 0.1) is 5.92 Å². The second kappa shape index (κ2) is 7.99. The van der Waals surface area contributed by atoms with Gasteiger partial charge >= 0.3 is 6.09 Å². The molecule has 1 aliphatic rings. The van der Waals surface area contributed by atoms with E-state index in [1.165, 1.54) is 0 Å². The van der Waals surface area contributed by atoms with Gasteiger partial charge in [0.05, 0.1) is 18.1 Å². The monoisotopic (exact) mass is 328 g/mol. The first-order chi connectivity index (χ1) is 10.5. The minimum Gasteiger partial charge on any atom is -0.444 e. The van der Waals surface area contributed by atoms with Gasteiger partial charge in [-0.25, -0.2) is 4.79 Å². The molecule has 0 aromatic rings. The Balaban J connectivity index is 2.53. The summed E-state index contributed by atoms with van der Waals surface area (Å²) in [4.78, 5) is 24.1.